The normalized spacial score (nSPS) is 11.7. The van der Waals surface area contributed by atoms with Crippen LogP contribution >= 0.6 is 0 Å². The van der Waals surface area contributed by atoms with Crippen LogP contribution in [0.25, 0.3) is 5.65 Å². The summed E-state index contributed by atoms with van der Waals surface area (Å²) in [5, 5.41) is 0. The van der Waals surface area contributed by atoms with Crippen LogP contribution in [0.5, 0.6) is 0 Å². The Kier molecular flexibility index (Phi) is 6.30. The number of anilines is 1. The third-order valence-electron chi connectivity index (χ3n) is 4.39. The Bertz CT molecular complexity index is 1110. The van der Waals surface area contributed by atoms with Crippen LogP contribution in [0.3, 0.4) is 0 Å². The smallest absolute Gasteiger partial charge is 0.325 e. The second-order valence-corrected chi connectivity index (χ2v) is 7.93. The zero-order valence-corrected chi connectivity index (χ0v) is 17.7. The highest BCUT2D eigenvalue weighted by molar-refractivity contribution is 5.88. The summed E-state index contributed by atoms with van der Waals surface area (Å²) in [6, 6.07) is 15.0. The summed E-state index contributed by atoms with van der Waals surface area (Å²) < 4.78 is 6.36. The maximum absolute atomic E-state index is 13.3. The Morgan fingerprint density at radius 2 is 1.87 bits per heavy atom. The lowest BCUT2D eigenvalue weighted by Crippen LogP contribution is -2.34. The maximum atomic E-state index is 13.3. The second-order valence-electron chi connectivity index (χ2n) is 7.93. The first-order valence-corrected chi connectivity index (χ1v) is 9.71. The zero-order valence-electron chi connectivity index (χ0n) is 17.7. The van der Waals surface area contributed by atoms with Crippen LogP contribution in [0.4, 0.5) is 5.82 Å². The quantitative estimate of drug-likeness (QED) is 0.464. The number of methoxy groups -OCH3 is 1. The number of carbonyl (C=O) groups is 1. The van der Waals surface area contributed by atoms with Gasteiger partial charge in [0.25, 0.3) is 5.56 Å². The van der Waals surface area contributed by atoms with E-state index < -0.39 is 5.97 Å². The Morgan fingerprint density at radius 1 is 1.17 bits per heavy atom. The minimum absolute atomic E-state index is 0.0444. The van der Waals surface area contributed by atoms with E-state index in [0.29, 0.717) is 23.6 Å². The van der Waals surface area contributed by atoms with Crippen LogP contribution in [0.15, 0.2) is 64.5 Å². The van der Waals surface area contributed by atoms with E-state index in [2.05, 4.69) is 4.99 Å². The maximum Gasteiger partial charge on any atom is 0.325 e. The van der Waals surface area contributed by atoms with E-state index in [-0.39, 0.29) is 17.6 Å². The Labute approximate surface area is 175 Å². The van der Waals surface area contributed by atoms with Crippen molar-refractivity contribution < 1.29 is 9.53 Å². The van der Waals surface area contributed by atoms with Crippen LogP contribution in [0.2, 0.25) is 0 Å². The molecule has 0 saturated carbocycles. The van der Waals surface area contributed by atoms with Crippen molar-refractivity contribution in [3.63, 3.8) is 0 Å². The first kappa shape index (κ1) is 21.2. The van der Waals surface area contributed by atoms with Gasteiger partial charge in [-0.3, -0.25) is 19.0 Å². The number of benzene rings is 1. The Hall–Kier alpha value is -3.48. The van der Waals surface area contributed by atoms with Gasteiger partial charge in [-0.05, 0) is 38.5 Å². The van der Waals surface area contributed by atoms with Gasteiger partial charge in [-0.15, -0.1) is 0 Å². The molecule has 0 spiro atoms. The number of carbonyl (C=O) groups excluding carboxylic acids is 1. The van der Waals surface area contributed by atoms with Gasteiger partial charge in [0.05, 0.1) is 12.6 Å². The van der Waals surface area contributed by atoms with Gasteiger partial charge in [-0.1, -0.05) is 36.4 Å². The molecule has 3 aromatic rings. The summed E-state index contributed by atoms with van der Waals surface area (Å²) in [4.78, 5) is 36.4. The highest BCUT2D eigenvalue weighted by Gasteiger charge is 2.21. The second kappa shape index (κ2) is 8.90. The number of aliphatic imine (C=N–C) groups is 1. The van der Waals surface area contributed by atoms with Crippen LogP contribution in [0.1, 0.15) is 31.9 Å². The van der Waals surface area contributed by atoms with Gasteiger partial charge in [0.2, 0.25) is 0 Å². The lowest BCUT2D eigenvalue weighted by Gasteiger charge is -2.24. The lowest BCUT2D eigenvalue weighted by molar-refractivity contribution is -0.139. The largest absolute Gasteiger partial charge is 0.468 e. The molecule has 0 aliphatic rings. The van der Waals surface area contributed by atoms with Crippen molar-refractivity contribution in [3.8, 4) is 0 Å². The minimum atomic E-state index is -0.417. The third kappa shape index (κ3) is 5.11. The molecule has 156 valence electrons. The van der Waals surface area contributed by atoms with Crippen molar-refractivity contribution in [2.45, 2.75) is 32.9 Å². The molecule has 0 saturated heterocycles. The number of hydrogen-bond donors (Lipinski definition) is 0. The van der Waals surface area contributed by atoms with E-state index in [0.717, 1.165) is 5.56 Å². The molecule has 2 aromatic heterocycles. The van der Waals surface area contributed by atoms with Crippen molar-refractivity contribution >= 4 is 23.6 Å². The number of ether oxygens (including phenoxy) is 1. The lowest BCUT2D eigenvalue weighted by atomic mass is 10.1. The number of rotatable bonds is 6. The highest BCUT2D eigenvalue weighted by atomic mass is 16.5. The number of nitrogens with zero attached hydrogens (tertiary/aromatic N) is 4. The molecule has 0 aliphatic carbocycles. The number of fused-ring (bicyclic) bond motifs is 1. The van der Waals surface area contributed by atoms with Crippen molar-refractivity contribution in [2.75, 3.05) is 18.6 Å². The minimum Gasteiger partial charge on any atom is -0.468 e. The Balaban J connectivity index is 2.20. The highest BCUT2D eigenvalue weighted by Crippen LogP contribution is 2.19. The Morgan fingerprint density at radius 3 is 2.53 bits per heavy atom. The third-order valence-corrected chi connectivity index (χ3v) is 4.39. The molecule has 7 nitrogen and oxygen atoms in total. The van der Waals surface area contributed by atoms with Crippen LogP contribution in [-0.2, 0) is 16.1 Å². The molecule has 0 N–H and O–H groups in total. The summed E-state index contributed by atoms with van der Waals surface area (Å²) in [7, 11) is 1.34. The number of hydrogen-bond acceptors (Lipinski definition) is 6. The molecule has 3 rings (SSSR count). The predicted molar refractivity (Wildman–Crippen MR) is 118 cm³/mol. The van der Waals surface area contributed by atoms with Crippen molar-refractivity contribution in [1.82, 2.24) is 9.38 Å². The molecular formula is C23H26N4O3. The molecule has 0 atom stereocenters. The molecule has 0 fully saturated rings. The van der Waals surface area contributed by atoms with Crippen molar-refractivity contribution in [1.29, 1.82) is 0 Å². The SMILES string of the molecule is COC(=O)CN(Cc1ccccc1)c1nc2ccccn2c(=O)c1C=NC(C)(C)C. The van der Waals surface area contributed by atoms with E-state index >= 15 is 0 Å². The topological polar surface area (TPSA) is 76.3 Å². The van der Waals surface area contributed by atoms with Gasteiger partial charge >= 0.3 is 5.97 Å². The fraction of sp³-hybridized carbons (Fsp3) is 0.304. The van der Waals surface area contributed by atoms with Gasteiger partial charge in [-0.25, -0.2) is 4.98 Å². The van der Waals surface area contributed by atoms with Crippen molar-refractivity contribution in [3.05, 3.63) is 76.2 Å². The molecule has 30 heavy (non-hydrogen) atoms. The zero-order chi connectivity index (χ0) is 21.7. The fourth-order valence-corrected chi connectivity index (χ4v) is 2.93. The molecule has 7 heteroatoms. The van der Waals surface area contributed by atoms with Gasteiger partial charge in [0, 0.05) is 19.0 Å². The van der Waals surface area contributed by atoms with Gasteiger partial charge in [-0.2, -0.15) is 0 Å². The molecule has 2 heterocycles. The molecule has 0 radical (unpaired) electrons. The predicted octanol–water partition coefficient (Wildman–Crippen LogP) is 3.09. The van der Waals surface area contributed by atoms with E-state index in [1.807, 2.05) is 57.2 Å². The fourth-order valence-electron chi connectivity index (χ4n) is 2.93. The van der Waals surface area contributed by atoms with Gasteiger partial charge in [0.1, 0.15) is 23.6 Å². The number of aromatic nitrogens is 2. The summed E-state index contributed by atoms with van der Waals surface area (Å²) in [6.45, 7) is 6.20. The average Bonchev–Trinajstić information content (AvgIpc) is 2.72. The van der Waals surface area contributed by atoms with Gasteiger partial charge in [0.15, 0.2) is 0 Å². The van der Waals surface area contributed by atoms with Gasteiger partial charge < -0.3 is 9.64 Å². The summed E-state index contributed by atoms with van der Waals surface area (Å²) in [6.07, 6.45) is 3.23. The molecule has 0 amide bonds. The summed E-state index contributed by atoms with van der Waals surface area (Å²) >= 11 is 0. The molecule has 0 aliphatic heterocycles. The van der Waals surface area contributed by atoms with Crippen LogP contribution < -0.4 is 10.5 Å². The van der Waals surface area contributed by atoms with E-state index in [1.165, 1.54) is 11.5 Å². The van der Waals surface area contributed by atoms with Crippen LogP contribution in [-0.4, -0.2) is 40.8 Å². The van der Waals surface area contributed by atoms with E-state index in [9.17, 15) is 9.59 Å². The standard InChI is InChI=1S/C23H26N4O3/c1-23(2,3)24-14-18-21(25-19-12-8-9-13-27(19)22(18)29)26(16-20(28)30-4)15-17-10-6-5-7-11-17/h5-14H,15-16H2,1-4H3. The molecular weight excluding hydrogens is 380 g/mol. The number of esters is 1. The molecule has 0 unspecified atom stereocenters. The monoisotopic (exact) mass is 406 g/mol. The summed E-state index contributed by atoms with van der Waals surface area (Å²) in [5.74, 6) is -0.0202. The number of pyridine rings is 1. The van der Waals surface area contributed by atoms with E-state index in [1.54, 1.807) is 29.4 Å². The first-order chi connectivity index (χ1) is 14.3. The van der Waals surface area contributed by atoms with Crippen molar-refractivity contribution in [2.24, 2.45) is 4.99 Å². The first-order valence-electron chi connectivity index (χ1n) is 9.71. The molecule has 1 aromatic carbocycles. The molecule has 0 bridgehead atoms. The average molecular weight is 406 g/mol. The summed E-state index contributed by atoms with van der Waals surface area (Å²) in [5.41, 5.74) is 1.19. The van der Waals surface area contributed by atoms with E-state index in [4.69, 9.17) is 9.72 Å². The van der Waals surface area contributed by atoms with Crippen LogP contribution in [0, 0.1) is 0 Å².